The molecule has 0 saturated heterocycles. The molecule has 0 aliphatic rings. The normalized spacial score (nSPS) is 10.2. The average Bonchev–Trinajstić information content (AvgIpc) is 2.29. The van der Waals surface area contributed by atoms with E-state index in [1.807, 2.05) is 6.92 Å². The summed E-state index contributed by atoms with van der Waals surface area (Å²) in [7, 11) is 0. The molecule has 0 fully saturated rings. The lowest BCUT2D eigenvalue weighted by molar-refractivity contribution is 0.742. The quantitative estimate of drug-likeness (QED) is 0.756. The Morgan fingerprint density at radius 2 is 2.06 bits per heavy atom. The fourth-order valence-electron chi connectivity index (χ4n) is 1.32. The molecule has 1 rings (SSSR count). The second-order valence-electron chi connectivity index (χ2n) is 3.55. The molecule has 0 aromatic carbocycles. The predicted molar refractivity (Wildman–Crippen MR) is 71.9 cm³/mol. The van der Waals surface area contributed by atoms with E-state index in [4.69, 9.17) is 0 Å². The van der Waals surface area contributed by atoms with E-state index >= 15 is 0 Å². The maximum absolute atomic E-state index is 4.38. The molecule has 0 aliphatic heterocycles. The molecular formula is C11H19BrN4. The van der Waals surface area contributed by atoms with Gasteiger partial charge in [-0.05, 0) is 29.3 Å². The summed E-state index contributed by atoms with van der Waals surface area (Å²) in [4.78, 5) is 8.54. The fraction of sp³-hybridized carbons (Fsp3) is 0.636. The zero-order valence-electron chi connectivity index (χ0n) is 9.89. The molecule has 0 unspecified atom stereocenters. The Morgan fingerprint density at radius 3 is 2.75 bits per heavy atom. The Bertz CT molecular complexity index is 317. The van der Waals surface area contributed by atoms with Crippen LogP contribution in [0, 0.1) is 0 Å². The first-order valence-corrected chi connectivity index (χ1v) is 6.57. The van der Waals surface area contributed by atoms with E-state index < -0.39 is 0 Å². The minimum atomic E-state index is 0.670. The number of unbranched alkanes of at least 4 members (excludes halogenated alkanes) is 2. The number of rotatable bonds is 7. The largest absolute Gasteiger partial charge is 0.369 e. The topological polar surface area (TPSA) is 49.8 Å². The van der Waals surface area contributed by atoms with Crippen molar-refractivity contribution in [2.24, 2.45) is 0 Å². The number of hydrogen-bond acceptors (Lipinski definition) is 4. The van der Waals surface area contributed by atoms with Crippen molar-refractivity contribution in [3.05, 3.63) is 10.7 Å². The van der Waals surface area contributed by atoms with Gasteiger partial charge in [-0.1, -0.05) is 19.8 Å². The van der Waals surface area contributed by atoms with Crippen LogP contribution in [-0.2, 0) is 0 Å². The molecule has 16 heavy (non-hydrogen) atoms. The molecule has 0 spiro atoms. The maximum atomic E-state index is 4.38. The monoisotopic (exact) mass is 286 g/mol. The summed E-state index contributed by atoms with van der Waals surface area (Å²) < 4.78 is 0.908. The third-order valence-electron chi connectivity index (χ3n) is 2.15. The maximum Gasteiger partial charge on any atom is 0.224 e. The highest BCUT2D eigenvalue weighted by atomic mass is 79.9. The lowest BCUT2D eigenvalue weighted by Gasteiger charge is -2.08. The molecule has 5 heteroatoms. The summed E-state index contributed by atoms with van der Waals surface area (Å²) in [6, 6.07) is 0. The van der Waals surface area contributed by atoms with Gasteiger partial charge in [0, 0.05) is 19.3 Å². The predicted octanol–water partition coefficient (Wildman–Crippen LogP) is 3.27. The van der Waals surface area contributed by atoms with Crippen LogP contribution in [0.4, 0.5) is 11.8 Å². The number of hydrogen-bond donors (Lipinski definition) is 2. The molecule has 1 heterocycles. The van der Waals surface area contributed by atoms with Gasteiger partial charge in [-0.2, -0.15) is 4.98 Å². The van der Waals surface area contributed by atoms with Crippen LogP contribution < -0.4 is 10.6 Å². The van der Waals surface area contributed by atoms with Crippen LogP contribution in [0.25, 0.3) is 0 Å². The van der Waals surface area contributed by atoms with Crippen molar-refractivity contribution in [3.8, 4) is 0 Å². The lowest BCUT2D eigenvalue weighted by atomic mass is 10.2. The Kier molecular flexibility index (Phi) is 6.15. The van der Waals surface area contributed by atoms with Gasteiger partial charge < -0.3 is 10.6 Å². The Morgan fingerprint density at radius 1 is 1.25 bits per heavy atom. The Balaban J connectivity index is 2.52. The summed E-state index contributed by atoms with van der Waals surface area (Å²) in [5.74, 6) is 1.53. The Hall–Kier alpha value is -0.840. The molecule has 0 aliphatic carbocycles. The second kappa shape index (κ2) is 7.44. The standard InChI is InChI=1S/C11H19BrN4/c1-3-5-6-7-14-10-9(12)8-15-11(16-10)13-4-2/h8H,3-7H2,1-2H3,(H2,13,14,15,16). The van der Waals surface area contributed by atoms with Crippen LogP contribution in [0.5, 0.6) is 0 Å². The zero-order valence-corrected chi connectivity index (χ0v) is 11.5. The summed E-state index contributed by atoms with van der Waals surface area (Å²) in [6.45, 7) is 6.01. The third kappa shape index (κ3) is 4.35. The fourth-order valence-corrected chi connectivity index (χ4v) is 1.65. The minimum Gasteiger partial charge on any atom is -0.369 e. The summed E-state index contributed by atoms with van der Waals surface area (Å²) >= 11 is 3.44. The van der Waals surface area contributed by atoms with Crippen molar-refractivity contribution >= 4 is 27.7 Å². The summed E-state index contributed by atoms with van der Waals surface area (Å²) in [5.41, 5.74) is 0. The van der Waals surface area contributed by atoms with Crippen LogP contribution >= 0.6 is 15.9 Å². The van der Waals surface area contributed by atoms with Crippen LogP contribution in [0.3, 0.4) is 0 Å². The summed E-state index contributed by atoms with van der Waals surface area (Å²) in [5, 5.41) is 6.40. The first-order valence-electron chi connectivity index (χ1n) is 5.78. The molecule has 0 amide bonds. The zero-order chi connectivity index (χ0) is 11.8. The van der Waals surface area contributed by atoms with E-state index in [1.54, 1.807) is 6.20 Å². The smallest absolute Gasteiger partial charge is 0.224 e. The van der Waals surface area contributed by atoms with Gasteiger partial charge in [-0.3, -0.25) is 0 Å². The van der Waals surface area contributed by atoms with E-state index in [9.17, 15) is 0 Å². The highest BCUT2D eigenvalue weighted by Gasteiger charge is 2.03. The first kappa shape index (κ1) is 13.2. The van der Waals surface area contributed by atoms with Crippen molar-refractivity contribution in [3.63, 3.8) is 0 Å². The van der Waals surface area contributed by atoms with E-state index in [0.29, 0.717) is 5.95 Å². The van der Waals surface area contributed by atoms with Gasteiger partial charge >= 0.3 is 0 Å². The number of halogens is 1. The van der Waals surface area contributed by atoms with Crippen LogP contribution in [0.15, 0.2) is 10.7 Å². The number of aromatic nitrogens is 2. The molecule has 0 radical (unpaired) electrons. The number of anilines is 2. The molecular weight excluding hydrogens is 268 g/mol. The average molecular weight is 287 g/mol. The van der Waals surface area contributed by atoms with Crippen molar-refractivity contribution in [1.29, 1.82) is 0 Å². The third-order valence-corrected chi connectivity index (χ3v) is 2.73. The molecule has 90 valence electrons. The molecule has 0 bridgehead atoms. The minimum absolute atomic E-state index is 0.670. The van der Waals surface area contributed by atoms with Crippen LogP contribution in [-0.4, -0.2) is 23.1 Å². The van der Waals surface area contributed by atoms with E-state index in [0.717, 1.165) is 23.4 Å². The highest BCUT2D eigenvalue weighted by molar-refractivity contribution is 9.10. The van der Waals surface area contributed by atoms with Crippen molar-refractivity contribution in [2.75, 3.05) is 23.7 Å². The van der Waals surface area contributed by atoms with Gasteiger partial charge in [0.15, 0.2) is 0 Å². The van der Waals surface area contributed by atoms with Crippen molar-refractivity contribution < 1.29 is 0 Å². The molecule has 2 N–H and O–H groups in total. The van der Waals surface area contributed by atoms with Crippen molar-refractivity contribution in [2.45, 2.75) is 33.1 Å². The van der Waals surface area contributed by atoms with E-state index in [-0.39, 0.29) is 0 Å². The second-order valence-corrected chi connectivity index (χ2v) is 4.41. The first-order chi connectivity index (χ1) is 7.77. The van der Waals surface area contributed by atoms with Crippen molar-refractivity contribution in [1.82, 2.24) is 9.97 Å². The number of nitrogens with one attached hydrogen (secondary N) is 2. The molecule has 0 atom stereocenters. The molecule has 1 aromatic heterocycles. The van der Waals surface area contributed by atoms with E-state index in [2.05, 4.69) is 43.5 Å². The number of nitrogens with zero attached hydrogens (tertiary/aromatic N) is 2. The van der Waals surface area contributed by atoms with Gasteiger partial charge in [0.1, 0.15) is 5.82 Å². The molecule has 0 saturated carbocycles. The van der Waals surface area contributed by atoms with E-state index in [1.165, 1.54) is 19.3 Å². The highest BCUT2D eigenvalue weighted by Crippen LogP contribution is 2.19. The van der Waals surface area contributed by atoms with Crippen LogP contribution in [0.2, 0.25) is 0 Å². The van der Waals surface area contributed by atoms with Gasteiger partial charge in [0.05, 0.1) is 4.47 Å². The van der Waals surface area contributed by atoms with Crippen LogP contribution in [0.1, 0.15) is 33.1 Å². The summed E-state index contributed by atoms with van der Waals surface area (Å²) in [6.07, 6.45) is 5.42. The van der Waals surface area contributed by atoms with Gasteiger partial charge in [0.25, 0.3) is 0 Å². The van der Waals surface area contributed by atoms with Gasteiger partial charge in [0.2, 0.25) is 5.95 Å². The molecule has 4 nitrogen and oxygen atoms in total. The molecule has 1 aromatic rings. The van der Waals surface area contributed by atoms with Gasteiger partial charge in [-0.25, -0.2) is 4.98 Å². The SMILES string of the molecule is CCCCCNc1nc(NCC)ncc1Br. The lowest BCUT2D eigenvalue weighted by Crippen LogP contribution is -2.08. The van der Waals surface area contributed by atoms with Gasteiger partial charge in [-0.15, -0.1) is 0 Å². The Labute approximate surface area is 105 Å².